The minimum atomic E-state index is -0.805. The number of carbonyl (C=O) groups is 2. The van der Waals surface area contributed by atoms with E-state index in [1.165, 1.54) is 32.1 Å². The summed E-state index contributed by atoms with van der Waals surface area (Å²) in [5.41, 5.74) is 10.5. The summed E-state index contributed by atoms with van der Waals surface area (Å²) < 4.78 is 0. The fourth-order valence-electron chi connectivity index (χ4n) is 2.08. The van der Waals surface area contributed by atoms with Crippen molar-refractivity contribution in [2.45, 2.75) is 44.6 Å². The second kappa shape index (κ2) is 8.31. The van der Waals surface area contributed by atoms with Crippen molar-refractivity contribution in [1.82, 2.24) is 5.32 Å². The SMILES string of the molecule is Cl.NC(=O)CC(N)C(=O)NCC1CCCCC1. The van der Waals surface area contributed by atoms with E-state index in [1.54, 1.807) is 0 Å². The van der Waals surface area contributed by atoms with E-state index >= 15 is 0 Å². The van der Waals surface area contributed by atoms with Crippen molar-refractivity contribution in [3.05, 3.63) is 0 Å². The minimum absolute atomic E-state index is 0. The van der Waals surface area contributed by atoms with Crippen LogP contribution in [0.2, 0.25) is 0 Å². The van der Waals surface area contributed by atoms with E-state index in [0.717, 1.165) is 0 Å². The van der Waals surface area contributed by atoms with Gasteiger partial charge in [-0.3, -0.25) is 9.59 Å². The third-order valence-corrected chi connectivity index (χ3v) is 3.05. The Morgan fingerprint density at radius 2 is 1.82 bits per heavy atom. The van der Waals surface area contributed by atoms with E-state index in [-0.39, 0.29) is 24.7 Å². The van der Waals surface area contributed by atoms with E-state index in [0.29, 0.717) is 12.5 Å². The van der Waals surface area contributed by atoms with Crippen LogP contribution in [0.15, 0.2) is 0 Å². The van der Waals surface area contributed by atoms with Crippen LogP contribution < -0.4 is 16.8 Å². The maximum absolute atomic E-state index is 11.5. The molecule has 1 aliphatic carbocycles. The molecule has 1 unspecified atom stereocenters. The molecule has 0 heterocycles. The maximum Gasteiger partial charge on any atom is 0.237 e. The highest BCUT2D eigenvalue weighted by Crippen LogP contribution is 2.22. The molecule has 1 saturated carbocycles. The van der Waals surface area contributed by atoms with Crippen LogP contribution in [-0.2, 0) is 9.59 Å². The van der Waals surface area contributed by atoms with Gasteiger partial charge >= 0.3 is 0 Å². The molecule has 1 atom stereocenters. The number of halogens is 1. The zero-order valence-corrected chi connectivity index (χ0v) is 10.8. The number of rotatable bonds is 5. The lowest BCUT2D eigenvalue weighted by atomic mass is 9.89. The molecule has 0 saturated heterocycles. The summed E-state index contributed by atoms with van der Waals surface area (Å²) in [5, 5.41) is 2.79. The highest BCUT2D eigenvalue weighted by Gasteiger charge is 2.18. The number of nitrogens with two attached hydrogens (primary N) is 2. The molecule has 17 heavy (non-hydrogen) atoms. The topological polar surface area (TPSA) is 98.2 Å². The van der Waals surface area contributed by atoms with Crippen LogP contribution in [0.3, 0.4) is 0 Å². The maximum atomic E-state index is 11.5. The molecular weight excluding hydrogens is 242 g/mol. The molecule has 100 valence electrons. The van der Waals surface area contributed by atoms with Crippen LogP contribution in [0, 0.1) is 5.92 Å². The lowest BCUT2D eigenvalue weighted by Crippen LogP contribution is -2.44. The van der Waals surface area contributed by atoms with E-state index in [2.05, 4.69) is 5.32 Å². The Kier molecular flexibility index (Phi) is 7.91. The van der Waals surface area contributed by atoms with Gasteiger partial charge in [-0.05, 0) is 18.8 Å². The quantitative estimate of drug-likeness (QED) is 0.666. The van der Waals surface area contributed by atoms with Gasteiger partial charge in [0.2, 0.25) is 11.8 Å². The Morgan fingerprint density at radius 3 is 2.35 bits per heavy atom. The molecule has 1 aliphatic rings. The van der Waals surface area contributed by atoms with Crippen molar-refractivity contribution >= 4 is 24.2 Å². The minimum Gasteiger partial charge on any atom is -0.370 e. The highest BCUT2D eigenvalue weighted by atomic mass is 35.5. The van der Waals surface area contributed by atoms with Gasteiger partial charge in [-0.25, -0.2) is 0 Å². The van der Waals surface area contributed by atoms with Gasteiger partial charge in [0, 0.05) is 6.54 Å². The molecule has 0 aromatic carbocycles. The second-order valence-electron chi connectivity index (χ2n) is 4.53. The molecule has 0 aromatic rings. The first-order valence-corrected chi connectivity index (χ1v) is 5.91. The molecule has 1 fully saturated rings. The Hall–Kier alpha value is -0.810. The first-order valence-electron chi connectivity index (χ1n) is 5.91. The van der Waals surface area contributed by atoms with Crippen LogP contribution in [-0.4, -0.2) is 24.4 Å². The second-order valence-corrected chi connectivity index (χ2v) is 4.53. The summed E-state index contributed by atoms with van der Waals surface area (Å²) in [6.45, 7) is 0.672. The van der Waals surface area contributed by atoms with Crippen molar-refractivity contribution in [1.29, 1.82) is 0 Å². The van der Waals surface area contributed by atoms with Crippen molar-refractivity contribution in [2.24, 2.45) is 17.4 Å². The number of primary amides is 1. The standard InChI is InChI=1S/C11H21N3O2.ClH/c12-9(6-10(13)15)11(16)14-7-8-4-2-1-3-5-8;/h8-9H,1-7,12H2,(H2,13,15)(H,14,16);1H. The predicted molar refractivity (Wildman–Crippen MR) is 68.6 cm³/mol. The normalized spacial score (nSPS) is 17.9. The summed E-state index contributed by atoms with van der Waals surface area (Å²) in [7, 11) is 0. The fraction of sp³-hybridized carbons (Fsp3) is 0.818. The molecular formula is C11H22ClN3O2. The molecule has 2 amide bonds. The van der Waals surface area contributed by atoms with E-state index in [1.807, 2.05) is 0 Å². The van der Waals surface area contributed by atoms with Crippen LogP contribution in [0.4, 0.5) is 0 Å². The van der Waals surface area contributed by atoms with Crippen molar-refractivity contribution in [3.63, 3.8) is 0 Å². The summed E-state index contributed by atoms with van der Waals surface area (Å²) in [6.07, 6.45) is 6.04. The van der Waals surface area contributed by atoms with Gasteiger partial charge in [-0.1, -0.05) is 19.3 Å². The van der Waals surface area contributed by atoms with Gasteiger partial charge in [-0.2, -0.15) is 0 Å². The van der Waals surface area contributed by atoms with Crippen LogP contribution in [0.1, 0.15) is 38.5 Å². The monoisotopic (exact) mass is 263 g/mol. The van der Waals surface area contributed by atoms with E-state index in [4.69, 9.17) is 11.5 Å². The van der Waals surface area contributed by atoms with Gasteiger partial charge in [0.25, 0.3) is 0 Å². The van der Waals surface area contributed by atoms with Crippen LogP contribution >= 0.6 is 12.4 Å². The fourth-order valence-corrected chi connectivity index (χ4v) is 2.08. The molecule has 1 rings (SSSR count). The third kappa shape index (κ3) is 6.48. The Bertz CT molecular complexity index is 255. The average Bonchev–Trinajstić information content (AvgIpc) is 2.26. The lowest BCUT2D eigenvalue weighted by molar-refractivity contribution is -0.126. The molecule has 0 spiro atoms. The first-order chi connectivity index (χ1) is 7.59. The number of carbonyl (C=O) groups excluding carboxylic acids is 2. The van der Waals surface area contributed by atoms with E-state index in [9.17, 15) is 9.59 Å². The zero-order chi connectivity index (χ0) is 12.0. The highest BCUT2D eigenvalue weighted by molar-refractivity contribution is 5.87. The molecule has 0 aliphatic heterocycles. The first kappa shape index (κ1) is 16.2. The predicted octanol–water partition coefficient (Wildman–Crippen LogP) is 0.307. The van der Waals surface area contributed by atoms with Crippen LogP contribution in [0.5, 0.6) is 0 Å². The van der Waals surface area contributed by atoms with Crippen molar-refractivity contribution in [3.8, 4) is 0 Å². The Balaban J connectivity index is 0.00000256. The Morgan fingerprint density at radius 1 is 1.24 bits per heavy atom. The third-order valence-electron chi connectivity index (χ3n) is 3.05. The molecule has 0 radical (unpaired) electrons. The largest absolute Gasteiger partial charge is 0.370 e. The van der Waals surface area contributed by atoms with Gasteiger partial charge in [-0.15, -0.1) is 12.4 Å². The average molecular weight is 264 g/mol. The molecule has 6 heteroatoms. The van der Waals surface area contributed by atoms with Gasteiger partial charge in [0.15, 0.2) is 0 Å². The van der Waals surface area contributed by atoms with Gasteiger partial charge in [0.05, 0.1) is 12.5 Å². The molecule has 5 nitrogen and oxygen atoms in total. The lowest BCUT2D eigenvalue weighted by Gasteiger charge is -2.22. The summed E-state index contributed by atoms with van der Waals surface area (Å²) in [4.78, 5) is 22.1. The van der Waals surface area contributed by atoms with Gasteiger partial charge in [0.1, 0.15) is 0 Å². The summed E-state index contributed by atoms with van der Waals surface area (Å²) >= 11 is 0. The Labute approximate surface area is 108 Å². The number of hydrogen-bond donors (Lipinski definition) is 3. The van der Waals surface area contributed by atoms with Crippen molar-refractivity contribution < 1.29 is 9.59 Å². The van der Waals surface area contributed by atoms with Crippen molar-refractivity contribution in [2.75, 3.05) is 6.54 Å². The van der Waals surface area contributed by atoms with Gasteiger partial charge < -0.3 is 16.8 Å². The molecule has 0 bridgehead atoms. The smallest absolute Gasteiger partial charge is 0.237 e. The summed E-state index contributed by atoms with van der Waals surface area (Å²) in [5.74, 6) is -0.247. The number of hydrogen-bond acceptors (Lipinski definition) is 3. The zero-order valence-electron chi connectivity index (χ0n) is 9.98. The number of amides is 2. The summed E-state index contributed by atoms with van der Waals surface area (Å²) in [6, 6.07) is -0.805. The molecule has 5 N–H and O–H groups in total. The van der Waals surface area contributed by atoms with Crippen LogP contribution in [0.25, 0.3) is 0 Å². The van der Waals surface area contributed by atoms with E-state index < -0.39 is 11.9 Å². The molecule has 0 aromatic heterocycles. The number of nitrogens with one attached hydrogen (secondary N) is 1.